The van der Waals surface area contributed by atoms with Gasteiger partial charge in [-0.15, -0.1) is 0 Å². The van der Waals surface area contributed by atoms with E-state index < -0.39 is 50.8 Å². The van der Waals surface area contributed by atoms with Gasteiger partial charge in [0, 0.05) is 29.2 Å². The van der Waals surface area contributed by atoms with E-state index in [0.29, 0.717) is 22.6 Å². The summed E-state index contributed by atoms with van der Waals surface area (Å²) in [4.78, 5) is 25.2. The number of nitrogens with zero attached hydrogens (tertiary/aromatic N) is 4. The highest BCUT2D eigenvalue weighted by molar-refractivity contribution is 7.94. The summed E-state index contributed by atoms with van der Waals surface area (Å²) >= 11 is 0.999. The number of amides is 2. The van der Waals surface area contributed by atoms with E-state index in [1.54, 1.807) is 18.2 Å². The van der Waals surface area contributed by atoms with Crippen molar-refractivity contribution in [3.63, 3.8) is 0 Å². The first-order chi connectivity index (χ1) is 25.0. The molecule has 298 valence electrons. The number of sulfone groups is 3. The Kier molecular flexibility index (Phi) is 11.7. The van der Waals surface area contributed by atoms with Crippen LogP contribution in [0.5, 0.6) is 0 Å². The number of hydrogen-bond donors (Lipinski definition) is 2. The van der Waals surface area contributed by atoms with Crippen molar-refractivity contribution in [3.8, 4) is 0 Å². The van der Waals surface area contributed by atoms with Crippen molar-refractivity contribution < 1.29 is 43.9 Å². The Hall–Kier alpha value is -4.53. The van der Waals surface area contributed by atoms with Crippen LogP contribution in [0.15, 0.2) is 78.3 Å². The number of nitrogens with one attached hydrogen (secondary N) is 2. The average molecular weight is 837 g/mol. The molecule has 0 saturated heterocycles. The Balaban J connectivity index is 0.000000245. The maximum atomic E-state index is 13.1. The van der Waals surface area contributed by atoms with E-state index in [1.807, 2.05) is 41.5 Å². The van der Waals surface area contributed by atoms with E-state index in [-0.39, 0.29) is 37.2 Å². The van der Waals surface area contributed by atoms with Gasteiger partial charge in [0.25, 0.3) is 0 Å². The van der Waals surface area contributed by atoms with Crippen LogP contribution >= 0.6 is 11.7 Å². The predicted molar refractivity (Wildman–Crippen MR) is 207 cm³/mol. The van der Waals surface area contributed by atoms with Gasteiger partial charge in [-0.05, 0) is 70.2 Å². The summed E-state index contributed by atoms with van der Waals surface area (Å²) < 4.78 is 90.1. The van der Waals surface area contributed by atoms with Gasteiger partial charge < -0.3 is 19.7 Å². The normalized spacial score (nSPS) is 13.2. The van der Waals surface area contributed by atoms with Gasteiger partial charge >= 0.3 is 0 Å². The van der Waals surface area contributed by atoms with Crippen LogP contribution < -0.4 is 10.6 Å². The van der Waals surface area contributed by atoms with Crippen LogP contribution in [0.1, 0.15) is 80.8 Å². The summed E-state index contributed by atoms with van der Waals surface area (Å²) in [5, 5.41) is 12.6. The fraction of sp³-hybridized carbons (Fsp3) is 0.429. The number of aromatic nitrogens is 4. The van der Waals surface area contributed by atoms with Crippen LogP contribution in [0.2, 0.25) is 0 Å². The summed E-state index contributed by atoms with van der Waals surface area (Å²) in [6.45, 7) is 16.8. The first kappa shape index (κ1) is 43.2. The molecule has 0 aliphatic rings. The van der Waals surface area contributed by atoms with Crippen molar-refractivity contribution in [1.82, 2.24) is 19.1 Å². The largest absolute Gasteiger partial charge is 0.359 e. The molecule has 5 aromatic rings. The minimum atomic E-state index is -4.11. The molecule has 0 atom stereocenters. The molecule has 0 aliphatic carbocycles. The Labute approximate surface area is 324 Å². The lowest BCUT2D eigenvalue weighted by molar-refractivity contribution is -0.118. The molecule has 5 rings (SSSR count). The molecule has 0 saturated carbocycles. The van der Waals surface area contributed by atoms with E-state index in [1.165, 1.54) is 64.1 Å². The maximum Gasteiger partial charge on any atom is 0.246 e. The van der Waals surface area contributed by atoms with Gasteiger partial charge in [0.15, 0.2) is 41.1 Å². The zero-order valence-electron chi connectivity index (χ0n) is 32.2. The lowest BCUT2D eigenvalue weighted by atomic mass is 9.93. The monoisotopic (exact) mass is 836 g/mol. The fourth-order valence-electron chi connectivity index (χ4n) is 4.54. The summed E-state index contributed by atoms with van der Waals surface area (Å²) in [5.41, 5.74) is 0.482. The molecule has 2 aromatic carbocycles. The number of fused-ring (bicyclic) bond motifs is 1. The second-order valence-electron chi connectivity index (χ2n) is 15.7. The number of carbonyl (C=O) groups excluding carboxylic acids is 2. The first-order valence-electron chi connectivity index (χ1n) is 16.6. The smallest absolute Gasteiger partial charge is 0.246 e. The van der Waals surface area contributed by atoms with E-state index in [2.05, 4.69) is 29.7 Å². The molecular formula is C35H44N6O10S4. The molecule has 0 radical (unpaired) electrons. The minimum Gasteiger partial charge on any atom is -0.359 e. The van der Waals surface area contributed by atoms with Gasteiger partial charge in [-0.25, -0.2) is 25.3 Å². The third kappa shape index (κ3) is 9.13. The maximum absolute atomic E-state index is 13.1. The predicted octanol–water partition coefficient (Wildman–Crippen LogP) is 5.73. The van der Waals surface area contributed by atoms with Crippen molar-refractivity contribution in [2.75, 3.05) is 16.9 Å². The molecule has 0 bridgehead atoms. The Bertz CT molecular complexity index is 2560. The zero-order valence-corrected chi connectivity index (χ0v) is 35.5. The molecule has 20 heteroatoms. The highest BCUT2D eigenvalue weighted by Gasteiger charge is 2.44. The average Bonchev–Trinajstić information content (AvgIpc) is 3.85. The zero-order chi connectivity index (χ0) is 41.6. The molecule has 3 aromatic heterocycles. The molecule has 16 nitrogen and oxygen atoms in total. The lowest BCUT2D eigenvalue weighted by Crippen LogP contribution is -2.44. The molecule has 55 heavy (non-hydrogen) atoms. The van der Waals surface area contributed by atoms with Gasteiger partial charge in [-0.3, -0.25) is 9.59 Å². The van der Waals surface area contributed by atoms with E-state index in [9.17, 15) is 34.8 Å². The fourth-order valence-corrected chi connectivity index (χ4v) is 8.46. The van der Waals surface area contributed by atoms with E-state index in [4.69, 9.17) is 9.05 Å². The van der Waals surface area contributed by atoms with Crippen LogP contribution in [-0.2, 0) is 49.9 Å². The van der Waals surface area contributed by atoms with E-state index >= 15 is 0 Å². The SMILES string of the molecule is CC(C)(C)c1cc(NC(=O)C(C)(C)S(=O)(=O)c2ccc(S(C)(=O)=O)cc2)no1.CC(C)(C)c1cc(NC(=O)C(C)(C)S(=O)(=O)c2ccc3nsnc3c2)no1. The number of rotatable bonds is 9. The van der Waals surface area contributed by atoms with Gasteiger partial charge in [0.2, 0.25) is 11.8 Å². The Morgan fingerprint density at radius 1 is 0.564 bits per heavy atom. The van der Waals surface area contributed by atoms with Crippen molar-refractivity contribution in [2.24, 2.45) is 0 Å². The number of benzene rings is 2. The number of hydrogen-bond acceptors (Lipinski definition) is 15. The third-order valence-electron chi connectivity index (χ3n) is 8.52. The molecular weight excluding hydrogens is 793 g/mol. The summed E-state index contributed by atoms with van der Waals surface area (Å²) in [5.74, 6) is -0.0704. The number of carbonyl (C=O) groups is 2. The quantitative estimate of drug-likeness (QED) is 0.180. The van der Waals surface area contributed by atoms with Crippen molar-refractivity contribution in [3.05, 3.63) is 66.1 Å². The molecule has 0 aliphatic heterocycles. The van der Waals surface area contributed by atoms with Gasteiger partial charge in [0.05, 0.1) is 26.4 Å². The molecule has 0 fully saturated rings. The molecule has 0 unspecified atom stereocenters. The highest BCUT2D eigenvalue weighted by atomic mass is 32.2. The molecule has 2 amide bonds. The Morgan fingerprint density at radius 3 is 1.35 bits per heavy atom. The van der Waals surface area contributed by atoms with Crippen LogP contribution in [0, 0.1) is 0 Å². The van der Waals surface area contributed by atoms with E-state index in [0.717, 1.165) is 18.0 Å². The van der Waals surface area contributed by atoms with Gasteiger partial charge in [-0.1, -0.05) is 51.9 Å². The topological polar surface area (TPSA) is 238 Å². The molecule has 0 spiro atoms. The van der Waals surface area contributed by atoms with Gasteiger partial charge in [-0.2, -0.15) is 8.75 Å². The van der Waals surface area contributed by atoms with Crippen LogP contribution in [0.4, 0.5) is 11.6 Å². The second kappa shape index (κ2) is 14.8. The third-order valence-corrected chi connectivity index (χ3v) is 15.0. The highest BCUT2D eigenvalue weighted by Crippen LogP contribution is 2.31. The van der Waals surface area contributed by atoms with Crippen molar-refractivity contribution in [1.29, 1.82) is 0 Å². The van der Waals surface area contributed by atoms with Gasteiger partial charge in [0.1, 0.15) is 32.0 Å². The molecule has 2 N–H and O–H groups in total. The van der Waals surface area contributed by atoms with Crippen LogP contribution in [-0.4, -0.2) is 71.9 Å². The second-order valence-corrected chi connectivity index (χ2v) is 23.3. The lowest BCUT2D eigenvalue weighted by Gasteiger charge is -2.23. The number of anilines is 2. The van der Waals surface area contributed by atoms with Crippen LogP contribution in [0.3, 0.4) is 0 Å². The van der Waals surface area contributed by atoms with Crippen molar-refractivity contribution >= 4 is 75.7 Å². The summed E-state index contributed by atoms with van der Waals surface area (Å²) in [6, 6.07) is 12.3. The summed E-state index contributed by atoms with van der Waals surface area (Å²) in [6.07, 6.45) is 1.03. The summed E-state index contributed by atoms with van der Waals surface area (Å²) in [7, 11) is -11.5. The minimum absolute atomic E-state index is 0.00832. The standard InChI is InChI=1S/C18H24N2O6S2.C17H20N4O4S2/c1-17(2,3)14-11-15(20-26-14)19-16(21)18(4,5)28(24,25)13-9-7-12(8-10-13)27(6,22)23;1-16(2,3)13-9-14(19-25-13)18-15(22)17(4,5)27(23,24)10-6-7-11-12(8-10)21-26-20-11/h7-11H,1-6H3,(H,19,20,21);6-9H,1-5H3,(H,18,19,22). The first-order valence-corrected chi connectivity index (χ1v) is 22.2. The van der Waals surface area contributed by atoms with Crippen molar-refractivity contribution in [2.45, 2.75) is 104 Å². The molecule has 3 heterocycles. The van der Waals surface area contributed by atoms with Crippen LogP contribution in [0.25, 0.3) is 11.0 Å². The Morgan fingerprint density at radius 2 is 0.945 bits per heavy atom.